The molecule has 0 aromatic carbocycles. The standard InChI is InChI=1S/C18H35NO3/c1-7-15(8-2)14-21-18(9-3)10-12-19(13-11-18)16(20)22-17(4,5)6/h15H,7-14H2,1-6H3. The molecule has 0 saturated carbocycles. The molecule has 1 saturated heterocycles. The molecular formula is C18H35NO3. The topological polar surface area (TPSA) is 38.8 Å². The van der Waals surface area contributed by atoms with Gasteiger partial charge in [-0.3, -0.25) is 0 Å². The first kappa shape index (κ1) is 19.3. The molecule has 1 fully saturated rings. The fraction of sp³-hybridized carbons (Fsp3) is 0.944. The Bertz CT molecular complexity index is 337. The summed E-state index contributed by atoms with van der Waals surface area (Å²) < 4.78 is 11.8. The van der Waals surface area contributed by atoms with Crippen molar-refractivity contribution in [3.63, 3.8) is 0 Å². The van der Waals surface area contributed by atoms with Crippen molar-refractivity contribution in [2.24, 2.45) is 5.92 Å². The smallest absolute Gasteiger partial charge is 0.410 e. The zero-order valence-electron chi connectivity index (χ0n) is 15.4. The van der Waals surface area contributed by atoms with Crippen LogP contribution in [0.4, 0.5) is 4.79 Å². The van der Waals surface area contributed by atoms with Crippen LogP contribution < -0.4 is 0 Å². The zero-order chi connectivity index (χ0) is 16.8. The first-order valence-electron chi connectivity index (χ1n) is 8.87. The van der Waals surface area contributed by atoms with Gasteiger partial charge in [0.25, 0.3) is 0 Å². The van der Waals surface area contributed by atoms with Gasteiger partial charge < -0.3 is 14.4 Å². The summed E-state index contributed by atoms with van der Waals surface area (Å²) in [4.78, 5) is 14.0. The summed E-state index contributed by atoms with van der Waals surface area (Å²) in [6.07, 6.45) is 4.96. The lowest BCUT2D eigenvalue weighted by Crippen LogP contribution is -2.49. The average molecular weight is 313 g/mol. The Kier molecular flexibility index (Phi) is 7.17. The van der Waals surface area contributed by atoms with Crippen LogP contribution in [-0.2, 0) is 9.47 Å². The number of nitrogens with zero attached hydrogens (tertiary/aromatic N) is 1. The molecule has 1 aliphatic rings. The van der Waals surface area contributed by atoms with Gasteiger partial charge in [0, 0.05) is 13.1 Å². The van der Waals surface area contributed by atoms with Gasteiger partial charge in [0.1, 0.15) is 5.60 Å². The van der Waals surface area contributed by atoms with E-state index in [1.807, 2.05) is 25.7 Å². The van der Waals surface area contributed by atoms with Gasteiger partial charge in [-0.25, -0.2) is 4.79 Å². The molecule has 0 spiro atoms. The lowest BCUT2D eigenvalue weighted by atomic mass is 9.88. The molecule has 0 atom stereocenters. The fourth-order valence-electron chi connectivity index (χ4n) is 2.84. The Balaban J connectivity index is 2.51. The molecule has 0 radical (unpaired) electrons. The van der Waals surface area contributed by atoms with Crippen LogP contribution in [0.1, 0.15) is 73.6 Å². The first-order valence-corrected chi connectivity index (χ1v) is 8.87. The highest BCUT2D eigenvalue weighted by Gasteiger charge is 2.36. The maximum absolute atomic E-state index is 12.1. The van der Waals surface area contributed by atoms with E-state index in [1.165, 1.54) is 12.8 Å². The highest BCUT2D eigenvalue weighted by Crippen LogP contribution is 2.31. The lowest BCUT2D eigenvalue weighted by molar-refractivity contribution is -0.0981. The van der Waals surface area contributed by atoms with E-state index in [2.05, 4.69) is 20.8 Å². The van der Waals surface area contributed by atoms with E-state index >= 15 is 0 Å². The maximum Gasteiger partial charge on any atom is 0.410 e. The molecule has 0 aromatic rings. The average Bonchev–Trinajstić information content (AvgIpc) is 2.47. The van der Waals surface area contributed by atoms with Crippen LogP contribution in [-0.4, -0.2) is 41.9 Å². The third-order valence-corrected chi connectivity index (χ3v) is 4.75. The maximum atomic E-state index is 12.1. The zero-order valence-corrected chi connectivity index (χ0v) is 15.4. The minimum atomic E-state index is -0.428. The predicted molar refractivity (Wildman–Crippen MR) is 90.1 cm³/mol. The molecule has 1 heterocycles. The van der Waals surface area contributed by atoms with E-state index in [4.69, 9.17) is 9.47 Å². The Hall–Kier alpha value is -0.770. The predicted octanol–water partition coefficient (Wildman–Crippen LogP) is 4.62. The molecule has 22 heavy (non-hydrogen) atoms. The molecule has 0 bridgehead atoms. The van der Waals surface area contributed by atoms with E-state index < -0.39 is 5.60 Å². The van der Waals surface area contributed by atoms with Gasteiger partial charge in [0.15, 0.2) is 0 Å². The van der Waals surface area contributed by atoms with E-state index in [1.54, 1.807) is 0 Å². The normalized spacial score (nSPS) is 18.6. The third-order valence-electron chi connectivity index (χ3n) is 4.75. The number of hydrogen-bond donors (Lipinski definition) is 0. The summed E-state index contributed by atoms with van der Waals surface area (Å²) in [5.41, 5.74) is -0.483. The molecule has 4 nitrogen and oxygen atoms in total. The minimum Gasteiger partial charge on any atom is -0.444 e. The lowest BCUT2D eigenvalue weighted by Gasteiger charge is -2.42. The Morgan fingerprint density at radius 2 is 1.68 bits per heavy atom. The second kappa shape index (κ2) is 8.19. The van der Waals surface area contributed by atoms with Crippen molar-refractivity contribution < 1.29 is 14.3 Å². The van der Waals surface area contributed by atoms with Gasteiger partial charge in [-0.15, -0.1) is 0 Å². The number of hydrogen-bond acceptors (Lipinski definition) is 3. The van der Waals surface area contributed by atoms with Crippen LogP contribution in [0.5, 0.6) is 0 Å². The molecular weight excluding hydrogens is 278 g/mol. The number of carbonyl (C=O) groups excluding carboxylic acids is 1. The summed E-state index contributed by atoms with van der Waals surface area (Å²) in [6, 6.07) is 0. The van der Waals surface area contributed by atoms with Crippen molar-refractivity contribution in [3.05, 3.63) is 0 Å². The monoisotopic (exact) mass is 313 g/mol. The Morgan fingerprint density at radius 1 is 1.14 bits per heavy atom. The Labute approximate surface area is 136 Å². The van der Waals surface area contributed by atoms with Crippen molar-refractivity contribution in [1.82, 2.24) is 4.90 Å². The van der Waals surface area contributed by atoms with E-state index in [0.29, 0.717) is 5.92 Å². The molecule has 1 aliphatic heterocycles. The van der Waals surface area contributed by atoms with E-state index in [-0.39, 0.29) is 11.7 Å². The molecule has 0 unspecified atom stereocenters. The summed E-state index contributed by atoms with van der Waals surface area (Å²) >= 11 is 0. The third kappa shape index (κ3) is 5.79. The van der Waals surface area contributed by atoms with Crippen LogP contribution >= 0.6 is 0 Å². The van der Waals surface area contributed by atoms with E-state index in [0.717, 1.165) is 39.0 Å². The number of likely N-dealkylation sites (tertiary alicyclic amines) is 1. The summed E-state index contributed by atoms with van der Waals surface area (Å²) in [5, 5.41) is 0. The molecule has 0 aliphatic carbocycles. The van der Waals surface area contributed by atoms with E-state index in [9.17, 15) is 4.79 Å². The molecule has 4 heteroatoms. The van der Waals surface area contributed by atoms with Crippen LogP contribution in [0.3, 0.4) is 0 Å². The van der Waals surface area contributed by atoms with Gasteiger partial charge in [-0.2, -0.15) is 0 Å². The van der Waals surface area contributed by atoms with Gasteiger partial charge >= 0.3 is 6.09 Å². The molecule has 130 valence electrons. The SMILES string of the molecule is CCC(CC)COC1(CC)CCN(C(=O)OC(C)(C)C)CC1. The van der Waals surface area contributed by atoms with Crippen molar-refractivity contribution in [2.75, 3.05) is 19.7 Å². The second-order valence-corrected chi connectivity index (χ2v) is 7.50. The summed E-state index contributed by atoms with van der Waals surface area (Å²) in [5.74, 6) is 0.646. The number of ether oxygens (including phenoxy) is 2. The van der Waals surface area contributed by atoms with Crippen LogP contribution in [0.15, 0.2) is 0 Å². The van der Waals surface area contributed by atoms with Crippen molar-refractivity contribution in [1.29, 1.82) is 0 Å². The first-order chi connectivity index (χ1) is 10.2. The molecule has 1 rings (SSSR count). The van der Waals surface area contributed by atoms with Gasteiger partial charge in [-0.1, -0.05) is 33.6 Å². The van der Waals surface area contributed by atoms with Crippen LogP contribution in [0, 0.1) is 5.92 Å². The van der Waals surface area contributed by atoms with Crippen LogP contribution in [0.2, 0.25) is 0 Å². The fourth-order valence-corrected chi connectivity index (χ4v) is 2.84. The number of rotatable bonds is 6. The minimum absolute atomic E-state index is 0.0545. The highest BCUT2D eigenvalue weighted by atomic mass is 16.6. The largest absolute Gasteiger partial charge is 0.444 e. The van der Waals surface area contributed by atoms with Gasteiger partial charge in [-0.05, 0) is 46.0 Å². The molecule has 0 aromatic heterocycles. The number of amides is 1. The second-order valence-electron chi connectivity index (χ2n) is 7.50. The van der Waals surface area contributed by atoms with Crippen molar-refractivity contribution >= 4 is 6.09 Å². The summed E-state index contributed by atoms with van der Waals surface area (Å²) in [6.45, 7) is 14.7. The number of carbonyl (C=O) groups is 1. The van der Waals surface area contributed by atoms with Crippen molar-refractivity contribution in [2.45, 2.75) is 84.8 Å². The van der Waals surface area contributed by atoms with Crippen LogP contribution in [0.25, 0.3) is 0 Å². The number of piperidine rings is 1. The van der Waals surface area contributed by atoms with Gasteiger partial charge in [0.05, 0.1) is 12.2 Å². The van der Waals surface area contributed by atoms with Gasteiger partial charge in [0.2, 0.25) is 0 Å². The quantitative estimate of drug-likeness (QED) is 0.718. The molecule has 1 amide bonds. The summed E-state index contributed by atoms with van der Waals surface area (Å²) in [7, 11) is 0. The molecule has 0 N–H and O–H groups in total. The van der Waals surface area contributed by atoms with Crippen molar-refractivity contribution in [3.8, 4) is 0 Å². The highest BCUT2D eigenvalue weighted by molar-refractivity contribution is 5.68. The Morgan fingerprint density at radius 3 is 2.09 bits per heavy atom.